The van der Waals surface area contributed by atoms with Crippen molar-refractivity contribution in [2.75, 3.05) is 13.2 Å². The first-order valence-electron chi connectivity index (χ1n) is 7.99. The number of hydrogen-bond donors (Lipinski definition) is 0. The Bertz CT molecular complexity index is 397. The molecule has 114 valence electrons. The highest BCUT2D eigenvalue weighted by atomic mass is 16.5. The van der Waals surface area contributed by atoms with E-state index in [1.54, 1.807) is 0 Å². The molecule has 0 N–H and O–H groups in total. The van der Waals surface area contributed by atoms with Crippen LogP contribution in [0.2, 0.25) is 0 Å². The van der Waals surface area contributed by atoms with Crippen LogP contribution in [0.4, 0.5) is 0 Å². The van der Waals surface area contributed by atoms with Gasteiger partial charge >= 0.3 is 0 Å². The second-order valence-electron chi connectivity index (χ2n) is 6.15. The third-order valence-corrected chi connectivity index (χ3v) is 4.65. The molecule has 0 fully saturated rings. The quantitative estimate of drug-likeness (QED) is 0.748. The van der Waals surface area contributed by atoms with Gasteiger partial charge in [-0.15, -0.1) is 0 Å². The van der Waals surface area contributed by atoms with Crippen molar-refractivity contribution >= 4 is 11.8 Å². The maximum Gasteiger partial charge on any atom is 0.199 e. The van der Waals surface area contributed by atoms with E-state index in [2.05, 4.69) is 34.6 Å². The molecule has 2 atom stereocenters. The first-order chi connectivity index (χ1) is 9.57. The molecule has 1 unspecified atom stereocenters. The molecule has 4 nitrogen and oxygen atoms in total. The Hall–Kier alpha value is -1.06. The zero-order valence-corrected chi connectivity index (χ0v) is 13.5. The van der Waals surface area contributed by atoms with Gasteiger partial charge in [-0.1, -0.05) is 34.6 Å². The van der Waals surface area contributed by atoms with Gasteiger partial charge in [-0.25, -0.2) is 9.98 Å². The zero-order chi connectivity index (χ0) is 14.8. The normalized spacial score (nSPS) is 26.3. The van der Waals surface area contributed by atoms with Gasteiger partial charge in [0.1, 0.15) is 18.6 Å². The van der Waals surface area contributed by atoms with Crippen molar-refractivity contribution in [1.29, 1.82) is 0 Å². The molecule has 0 bridgehead atoms. The Kier molecular flexibility index (Phi) is 4.71. The van der Waals surface area contributed by atoms with Crippen molar-refractivity contribution in [2.45, 2.75) is 66.0 Å². The Morgan fingerprint density at radius 2 is 1.65 bits per heavy atom. The Morgan fingerprint density at radius 3 is 2.10 bits per heavy atom. The molecular formula is C16H28N2O2. The van der Waals surface area contributed by atoms with E-state index in [4.69, 9.17) is 19.5 Å². The molecule has 0 amide bonds. The van der Waals surface area contributed by atoms with Gasteiger partial charge < -0.3 is 9.47 Å². The van der Waals surface area contributed by atoms with Crippen molar-refractivity contribution in [3.8, 4) is 0 Å². The Morgan fingerprint density at radius 1 is 1.05 bits per heavy atom. The van der Waals surface area contributed by atoms with Crippen LogP contribution in [-0.4, -0.2) is 37.1 Å². The maximum absolute atomic E-state index is 5.94. The number of nitrogens with zero attached hydrogens (tertiary/aromatic N) is 2. The minimum atomic E-state index is -0.256. The number of ether oxygens (including phenoxy) is 2. The van der Waals surface area contributed by atoms with Crippen molar-refractivity contribution < 1.29 is 9.47 Å². The third kappa shape index (κ3) is 2.57. The summed E-state index contributed by atoms with van der Waals surface area (Å²) < 4.78 is 11.8. The number of aliphatic imine (C=N–C) groups is 2. The lowest BCUT2D eigenvalue weighted by atomic mass is 9.81. The van der Waals surface area contributed by atoms with Crippen LogP contribution < -0.4 is 0 Å². The fourth-order valence-corrected chi connectivity index (χ4v) is 2.83. The molecule has 0 aliphatic carbocycles. The first-order valence-corrected chi connectivity index (χ1v) is 7.99. The summed E-state index contributed by atoms with van der Waals surface area (Å²) >= 11 is 0. The number of rotatable bonds is 6. The topological polar surface area (TPSA) is 43.2 Å². The largest absolute Gasteiger partial charge is 0.478 e. The third-order valence-electron chi connectivity index (χ3n) is 4.65. The van der Waals surface area contributed by atoms with Crippen molar-refractivity contribution in [3.05, 3.63) is 0 Å². The summed E-state index contributed by atoms with van der Waals surface area (Å²) in [6.07, 6.45) is 2.86. The maximum atomic E-state index is 5.94. The van der Waals surface area contributed by atoms with E-state index in [1.165, 1.54) is 0 Å². The molecule has 2 rings (SSSR count). The SMILES string of the molecule is CCC1COC(C(CC)(CC)C2=N[C@@H](C(C)C)CO2)=N1. The van der Waals surface area contributed by atoms with Gasteiger partial charge in [0, 0.05) is 0 Å². The molecule has 0 saturated carbocycles. The lowest BCUT2D eigenvalue weighted by Crippen LogP contribution is -2.39. The molecule has 0 aromatic rings. The number of hydrogen-bond acceptors (Lipinski definition) is 4. The van der Waals surface area contributed by atoms with Crippen molar-refractivity contribution in [1.82, 2.24) is 0 Å². The van der Waals surface area contributed by atoms with Gasteiger partial charge in [0.25, 0.3) is 0 Å². The summed E-state index contributed by atoms with van der Waals surface area (Å²) in [6, 6.07) is 0.567. The molecule has 2 heterocycles. The summed E-state index contributed by atoms with van der Waals surface area (Å²) in [7, 11) is 0. The fraction of sp³-hybridized carbons (Fsp3) is 0.875. The van der Waals surface area contributed by atoms with E-state index < -0.39 is 0 Å². The van der Waals surface area contributed by atoms with Crippen LogP contribution in [0.1, 0.15) is 53.9 Å². The predicted molar refractivity (Wildman–Crippen MR) is 82.5 cm³/mol. The van der Waals surface area contributed by atoms with Crippen LogP contribution >= 0.6 is 0 Å². The van der Waals surface area contributed by atoms with Crippen LogP contribution in [0.15, 0.2) is 9.98 Å². The minimum Gasteiger partial charge on any atom is -0.478 e. The van der Waals surface area contributed by atoms with Crippen LogP contribution in [-0.2, 0) is 9.47 Å². The monoisotopic (exact) mass is 280 g/mol. The van der Waals surface area contributed by atoms with Crippen LogP contribution in [0.3, 0.4) is 0 Å². The molecule has 0 aromatic carbocycles. The highest BCUT2D eigenvalue weighted by Crippen LogP contribution is 2.37. The van der Waals surface area contributed by atoms with E-state index in [9.17, 15) is 0 Å². The standard InChI is InChI=1S/C16H28N2O2/c1-6-12-9-19-14(17-12)16(7-2,8-3)15-18-13(10-20-15)11(4)5/h11-13H,6-10H2,1-5H3/t12?,13-/m1/s1. The highest BCUT2D eigenvalue weighted by molar-refractivity contribution is 6.06. The summed E-state index contributed by atoms with van der Waals surface area (Å²) in [5, 5.41) is 0. The second kappa shape index (κ2) is 6.15. The molecule has 2 aliphatic heterocycles. The zero-order valence-electron chi connectivity index (χ0n) is 13.5. The molecule has 0 aromatic heterocycles. The molecule has 4 heteroatoms. The lowest BCUT2D eigenvalue weighted by Gasteiger charge is -2.29. The van der Waals surface area contributed by atoms with Gasteiger partial charge in [-0.3, -0.25) is 0 Å². The van der Waals surface area contributed by atoms with E-state index in [0.717, 1.165) is 31.1 Å². The summed E-state index contributed by atoms with van der Waals surface area (Å²) in [5.74, 6) is 2.20. The van der Waals surface area contributed by atoms with Crippen molar-refractivity contribution in [2.24, 2.45) is 21.3 Å². The second-order valence-corrected chi connectivity index (χ2v) is 6.15. The van der Waals surface area contributed by atoms with Crippen molar-refractivity contribution in [3.63, 3.8) is 0 Å². The molecule has 0 radical (unpaired) electrons. The summed E-state index contributed by atoms with van der Waals surface area (Å²) in [4.78, 5) is 9.60. The van der Waals surface area contributed by atoms with E-state index in [1.807, 2.05) is 0 Å². The minimum absolute atomic E-state index is 0.256. The lowest BCUT2D eigenvalue weighted by molar-refractivity contribution is 0.237. The summed E-state index contributed by atoms with van der Waals surface area (Å²) in [5.41, 5.74) is -0.256. The first kappa shape index (κ1) is 15.3. The van der Waals surface area contributed by atoms with E-state index >= 15 is 0 Å². The summed E-state index contributed by atoms with van der Waals surface area (Å²) in [6.45, 7) is 12.3. The molecule has 2 aliphatic rings. The van der Waals surface area contributed by atoms with E-state index in [0.29, 0.717) is 25.2 Å². The Labute approximate surface area is 122 Å². The van der Waals surface area contributed by atoms with Gasteiger partial charge in [0.2, 0.25) is 0 Å². The highest BCUT2D eigenvalue weighted by Gasteiger charge is 2.46. The van der Waals surface area contributed by atoms with Gasteiger partial charge in [-0.05, 0) is 25.2 Å². The molecule has 0 saturated heterocycles. The average molecular weight is 280 g/mol. The van der Waals surface area contributed by atoms with Crippen LogP contribution in [0, 0.1) is 11.3 Å². The van der Waals surface area contributed by atoms with E-state index in [-0.39, 0.29) is 11.5 Å². The average Bonchev–Trinajstić information content (AvgIpc) is 3.10. The molecular weight excluding hydrogens is 252 g/mol. The fourth-order valence-electron chi connectivity index (χ4n) is 2.83. The molecule has 20 heavy (non-hydrogen) atoms. The Balaban J connectivity index is 2.29. The van der Waals surface area contributed by atoms with Crippen LogP contribution in [0.25, 0.3) is 0 Å². The van der Waals surface area contributed by atoms with Gasteiger partial charge in [-0.2, -0.15) is 0 Å². The predicted octanol–water partition coefficient (Wildman–Crippen LogP) is 3.45. The van der Waals surface area contributed by atoms with Gasteiger partial charge in [0.05, 0.1) is 12.1 Å². The smallest absolute Gasteiger partial charge is 0.199 e. The van der Waals surface area contributed by atoms with Gasteiger partial charge in [0.15, 0.2) is 11.8 Å². The molecule has 0 spiro atoms. The van der Waals surface area contributed by atoms with Crippen LogP contribution in [0.5, 0.6) is 0 Å².